The van der Waals surface area contributed by atoms with Gasteiger partial charge in [0.15, 0.2) is 0 Å². The second-order valence-electron chi connectivity index (χ2n) is 3.02. The number of methoxy groups -OCH3 is 1. The van der Waals surface area contributed by atoms with E-state index in [9.17, 15) is 9.90 Å². The Morgan fingerprint density at radius 3 is 2.58 bits per heavy atom. The van der Waals surface area contributed by atoms with Crippen molar-refractivity contribution in [1.82, 2.24) is 0 Å². The van der Waals surface area contributed by atoms with Crippen LogP contribution in [0.1, 0.15) is 33.1 Å². The van der Waals surface area contributed by atoms with Crippen LogP contribution in [0.4, 0.5) is 0 Å². The van der Waals surface area contributed by atoms with Crippen molar-refractivity contribution >= 4 is 5.97 Å². The maximum atomic E-state index is 10.9. The molecular weight excluding hydrogens is 156 g/mol. The maximum absolute atomic E-state index is 10.9. The molecule has 0 aliphatic heterocycles. The molecule has 12 heavy (non-hydrogen) atoms. The van der Waals surface area contributed by atoms with Crippen LogP contribution in [0.25, 0.3) is 0 Å². The molecule has 2 atom stereocenters. The summed E-state index contributed by atoms with van der Waals surface area (Å²) in [5.74, 6) is -0.736. The zero-order valence-electron chi connectivity index (χ0n) is 8.04. The van der Waals surface area contributed by atoms with Crippen LogP contribution in [0, 0.1) is 5.92 Å². The molecule has 72 valence electrons. The summed E-state index contributed by atoms with van der Waals surface area (Å²) in [5, 5.41) is 9.45. The van der Waals surface area contributed by atoms with Gasteiger partial charge in [-0.05, 0) is 13.3 Å². The monoisotopic (exact) mass is 174 g/mol. The highest BCUT2D eigenvalue weighted by Crippen LogP contribution is 2.11. The molecule has 3 heteroatoms. The third kappa shape index (κ3) is 3.72. The van der Waals surface area contributed by atoms with Crippen molar-refractivity contribution < 1.29 is 14.6 Å². The summed E-state index contributed by atoms with van der Waals surface area (Å²) in [6.45, 7) is 3.74. The van der Waals surface area contributed by atoms with E-state index >= 15 is 0 Å². The normalized spacial score (nSPS) is 15.3. The van der Waals surface area contributed by atoms with Gasteiger partial charge in [0.2, 0.25) is 0 Å². The van der Waals surface area contributed by atoms with Crippen LogP contribution >= 0.6 is 0 Å². The number of hydrogen-bond donors (Lipinski definition) is 1. The van der Waals surface area contributed by atoms with Crippen LogP contribution in [0.5, 0.6) is 0 Å². The molecule has 0 aliphatic rings. The van der Waals surface area contributed by atoms with Crippen LogP contribution in [-0.2, 0) is 9.53 Å². The quantitative estimate of drug-likeness (QED) is 0.640. The van der Waals surface area contributed by atoms with E-state index < -0.39 is 12.0 Å². The molecule has 0 saturated heterocycles. The lowest BCUT2D eigenvalue weighted by Gasteiger charge is -2.15. The Hall–Kier alpha value is -0.570. The molecule has 0 rings (SSSR count). The second-order valence-corrected chi connectivity index (χ2v) is 3.02. The highest BCUT2D eigenvalue weighted by Gasteiger charge is 2.21. The molecule has 0 aromatic rings. The summed E-state index contributed by atoms with van der Waals surface area (Å²) >= 11 is 0. The van der Waals surface area contributed by atoms with Gasteiger partial charge in [-0.1, -0.05) is 19.8 Å². The van der Waals surface area contributed by atoms with Crippen LogP contribution in [0.2, 0.25) is 0 Å². The number of unbranched alkanes of at least 4 members (excludes halogenated alkanes) is 1. The Bertz CT molecular complexity index is 134. The Labute approximate surface area is 73.7 Å². The Balaban J connectivity index is 3.75. The fourth-order valence-corrected chi connectivity index (χ4v) is 1.01. The number of aliphatic hydroxyl groups excluding tert-OH is 1. The number of ether oxygens (including phenoxy) is 1. The minimum Gasteiger partial charge on any atom is -0.469 e. The molecule has 0 amide bonds. The van der Waals surface area contributed by atoms with Gasteiger partial charge in [-0.15, -0.1) is 0 Å². The van der Waals surface area contributed by atoms with E-state index in [1.54, 1.807) is 6.92 Å². The predicted octanol–water partition coefficient (Wildman–Crippen LogP) is 1.35. The number of rotatable bonds is 5. The van der Waals surface area contributed by atoms with Crippen molar-refractivity contribution in [2.45, 2.75) is 39.2 Å². The largest absolute Gasteiger partial charge is 0.469 e. The summed E-state index contributed by atoms with van der Waals surface area (Å²) in [6.07, 6.45) is 2.10. The molecule has 0 spiro atoms. The number of esters is 1. The molecule has 0 heterocycles. The number of aliphatic hydroxyl groups is 1. The van der Waals surface area contributed by atoms with Crippen molar-refractivity contribution in [3.63, 3.8) is 0 Å². The SMILES string of the molecule is CCCC[C@@H](O)[C@H](C)C(=O)OC. The van der Waals surface area contributed by atoms with Crippen LogP contribution in [-0.4, -0.2) is 24.3 Å². The van der Waals surface area contributed by atoms with Gasteiger partial charge >= 0.3 is 5.97 Å². The van der Waals surface area contributed by atoms with E-state index in [1.165, 1.54) is 7.11 Å². The van der Waals surface area contributed by atoms with Gasteiger partial charge in [-0.3, -0.25) is 4.79 Å². The Morgan fingerprint density at radius 2 is 2.17 bits per heavy atom. The first-order valence-electron chi connectivity index (χ1n) is 4.39. The highest BCUT2D eigenvalue weighted by molar-refractivity contribution is 5.72. The summed E-state index contributed by atoms with van der Waals surface area (Å²) in [7, 11) is 1.34. The average molecular weight is 174 g/mol. The van der Waals surface area contributed by atoms with Crippen LogP contribution < -0.4 is 0 Å². The van der Waals surface area contributed by atoms with Crippen molar-refractivity contribution in [1.29, 1.82) is 0 Å². The van der Waals surface area contributed by atoms with Crippen molar-refractivity contribution in [2.75, 3.05) is 7.11 Å². The standard InChI is InChI=1S/C9H18O3/c1-4-5-6-8(10)7(2)9(11)12-3/h7-8,10H,4-6H2,1-3H3/t7-,8+/m0/s1. The molecule has 0 aliphatic carbocycles. The first-order chi connectivity index (χ1) is 5.63. The lowest BCUT2D eigenvalue weighted by atomic mass is 10.00. The molecule has 1 N–H and O–H groups in total. The van der Waals surface area contributed by atoms with Gasteiger partial charge in [0.25, 0.3) is 0 Å². The van der Waals surface area contributed by atoms with Crippen LogP contribution in [0.15, 0.2) is 0 Å². The van der Waals surface area contributed by atoms with E-state index in [0.717, 1.165) is 12.8 Å². The maximum Gasteiger partial charge on any atom is 0.311 e. The fourth-order valence-electron chi connectivity index (χ4n) is 1.01. The van der Waals surface area contributed by atoms with Crippen molar-refractivity contribution in [3.05, 3.63) is 0 Å². The van der Waals surface area contributed by atoms with Gasteiger partial charge in [0, 0.05) is 0 Å². The van der Waals surface area contributed by atoms with Gasteiger partial charge < -0.3 is 9.84 Å². The molecule has 0 unspecified atom stereocenters. The predicted molar refractivity (Wildman–Crippen MR) is 46.7 cm³/mol. The Morgan fingerprint density at radius 1 is 1.58 bits per heavy atom. The van der Waals surface area contributed by atoms with Crippen molar-refractivity contribution in [3.8, 4) is 0 Å². The highest BCUT2D eigenvalue weighted by atomic mass is 16.5. The molecule has 0 radical (unpaired) electrons. The third-order valence-corrected chi connectivity index (χ3v) is 2.00. The minimum absolute atomic E-state index is 0.335. The van der Waals surface area contributed by atoms with E-state index in [-0.39, 0.29) is 5.97 Å². The first-order valence-corrected chi connectivity index (χ1v) is 4.39. The lowest BCUT2D eigenvalue weighted by molar-refractivity contribution is -0.148. The van der Waals surface area contributed by atoms with Crippen molar-refractivity contribution in [2.24, 2.45) is 5.92 Å². The van der Waals surface area contributed by atoms with Gasteiger partial charge in [0.05, 0.1) is 19.1 Å². The smallest absolute Gasteiger partial charge is 0.311 e. The number of hydrogen-bond acceptors (Lipinski definition) is 3. The number of carbonyl (C=O) groups excluding carboxylic acids is 1. The lowest BCUT2D eigenvalue weighted by Crippen LogP contribution is -2.26. The topological polar surface area (TPSA) is 46.5 Å². The summed E-state index contributed by atoms with van der Waals surface area (Å²) < 4.78 is 4.51. The zero-order chi connectivity index (χ0) is 9.56. The van der Waals surface area contributed by atoms with E-state index in [4.69, 9.17) is 0 Å². The summed E-state index contributed by atoms with van der Waals surface area (Å²) in [6, 6.07) is 0. The fraction of sp³-hybridized carbons (Fsp3) is 0.889. The van der Waals surface area contributed by atoms with Gasteiger partial charge in [0.1, 0.15) is 0 Å². The molecule has 3 nitrogen and oxygen atoms in total. The molecule has 0 aromatic heterocycles. The Kier molecular flexibility index (Phi) is 5.72. The molecular formula is C9H18O3. The summed E-state index contributed by atoms with van der Waals surface area (Å²) in [4.78, 5) is 10.9. The summed E-state index contributed by atoms with van der Waals surface area (Å²) in [5.41, 5.74) is 0. The van der Waals surface area contributed by atoms with E-state index in [1.807, 2.05) is 0 Å². The first kappa shape index (κ1) is 11.4. The minimum atomic E-state index is -0.558. The number of carbonyl (C=O) groups is 1. The van der Waals surface area contributed by atoms with Crippen LogP contribution in [0.3, 0.4) is 0 Å². The molecule has 0 saturated carbocycles. The third-order valence-electron chi connectivity index (χ3n) is 2.00. The molecule has 0 fully saturated rings. The molecule has 0 bridgehead atoms. The second kappa shape index (κ2) is 6.00. The average Bonchev–Trinajstić information content (AvgIpc) is 2.11. The van der Waals surface area contributed by atoms with Gasteiger partial charge in [-0.25, -0.2) is 0 Å². The zero-order valence-corrected chi connectivity index (χ0v) is 8.04. The van der Waals surface area contributed by atoms with E-state index in [2.05, 4.69) is 11.7 Å². The van der Waals surface area contributed by atoms with Gasteiger partial charge in [-0.2, -0.15) is 0 Å². The van der Waals surface area contributed by atoms with E-state index in [0.29, 0.717) is 6.42 Å². The molecule has 0 aromatic carbocycles.